The summed E-state index contributed by atoms with van der Waals surface area (Å²) in [5.74, 6) is -0.888. The number of aliphatic hydroxyl groups is 1. The maximum Gasteiger partial charge on any atom is 0.295 e. The lowest BCUT2D eigenvalue weighted by Crippen LogP contribution is -2.30. The molecule has 1 aliphatic rings. The SMILES string of the molecule is CCCN1C(=O)C(=O)/C(=C(\O)c2ccc(OC)c(C)c2)C1c1ccc(OC)c(O)c1. The lowest BCUT2D eigenvalue weighted by Gasteiger charge is -2.25. The molecule has 0 aliphatic carbocycles. The van der Waals surface area contributed by atoms with Crippen molar-refractivity contribution in [3.05, 3.63) is 58.7 Å². The molecular formula is C23H25NO6. The van der Waals surface area contributed by atoms with Crippen molar-refractivity contribution in [3.63, 3.8) is 0 Å². The molecule has 30 heavy (non-hydrogen) atoms. The van der Waals surface area contributed by atoms with Gasteiger partial charge in [-0.25, -0.2) is 0 Å². The summed E-state index contributed by atoms with van der Waals surface area (Å²) in [5.41, 5.74) is 1.68. The molecule has 2 N–H and O–H groups in total. The van der Waals surface area contributed by atoms with Crippen molar-refractivity contribution in [1.29, 1.82) is 0 Å². The highest BCUT2D eigenvalue weighted by Gasteiger charge is 2.45. The lowest BCUT2D eigenvalue weighted by atomic mass is 9.94. The molecule has 7 nitrogen and oxygen atoms in total. The molecule has 0 aromatic heterocycles. The smallest absolute Gasteiger partial charge is 0.295 e. The minimum atomic E-state index is -0.816. The first-order chi connectivity index (χ1) is 14.3. The summed E-state index contributed by atoms with van der Waals surface area (Å²) in [6.07, 6.45) is 0.632. The highest BCUT2D eigenvalue weighted by atomic mass is 16.5. The van der Waals surface area contributed by atoms with Crippen LogP contribution in [0.25, 0.3) is 5.76 Å². The van der Waals surface area contributed by atoms with Crippen molar-refractivity contribution >= 4 is 17.4 Å². The van der Waals surface area contributed by atoms with Gasteiger partial charge in [0, 0.05) is 12.1 Å². The van der Waals surface area contributed by atoms with Crippen LogP contribution in [0.15, 0.2) is 42.0 Å². The van der Waals surface area contributed by atoms with Gasteiger partial charge in [-0.15, -0.1) is 0 Å². The van der Waals surface area contributed by atoms with Crippen LogP contribution in [0.3, 0.4) is 0 Å². The number of Topliss-reactive ketones (excluding diaryl/α,β-unsaturated/α-hetero) is 1. The fourth-order valence-corrected chi connectivity index (χ4v) is 3.76. The van der Waals surface area contributed by atoms with E-state index >= 15 is 0 Å². The molecular weight excluding hydrogens is 386 g/mol. The number of rotatable bonds is 6. The van der Waals surface area contributed by atoms with Crippen LogP contribution in [-0.4, -0.2) is 47.6 Å². The predicted molar refractivity (Wildman–Crippen MR) is 112 cm³/mol. The summed E-state index contributed by atoms with van der Waals surface area (Å²) in [7, 11) is 2.98. The molecule has 1 fully saturated rings. The normalized spacial score (nSPS) is 18.0. The molecule has 1 aliphatic heterocycles. The van der Waals surface area contributed by atoms with Crippen LogP contribution < -0.4 is 9.47 Å². The number of aromatic hydroxyl groups is 1. The molecule has 158 valence electrons. The number of carbonyl (C=O) groups is 2. The Balaban J connectivity index is 2.19. The maximum absolute atomic E-state index is 12.9. The van der Waals surface area contributed by atoms with Crippen molar-refractivity contribution in [2.45, 2.75) is 26.3 Å². The Morgan fingerprint density at radius 1 is 1.07 bits per heavy atom. The molecule has 2 aromatic carbocycles. The van der Waals surface area contributed by atoms with Gasteiger partial charge in [0.2, 0.25) is 0 Å². The minimum absolute atomic E-state index is 0.0115. The Kier molecular flexibility index (Phi) is 6.01. The van der Waals surface area contributed by atoms with Gasteiger partial charge in [-0.1, -0.05) is 13.0 Å². The summed E-state index contributed by atoms with van der Waals surface area (Å²) in [6.45, 7) is 4.06. The number of hydrogen-bond acceptors (Lipinski definition) is 6. The fraction of sp³-hybridized carbons (Fsp3) is 0.304. The zero-order chi connectivity index (χ0) is 22.0. The predicted octanol–water partition coefficient (Wildman–Crippen LogP) is 3.55. The maximum atomic E-state index is 12.9. The molecule has 0 bridgehead atoms. The first-order valence-electron chi connectivity index (χ1n) is 9.64. The van der Waals surface area contributed by atoms with E-state index in [-0.39, 0.29) is 22.8 Å². The zero-order valence-corrected chi connectivity index (χ0v) is 17.4. The number of hydrogen-bond donors (Lipinski definition) is 2. The molecule has 1 heterocycles. The minimum Gasteiger partial charge on any atom is -0.507 e. The van der Waals surface area contributed by atoms with Gasteiger partial charge in [-0.05, 0) is 54.8 Å². The second-order valence-electron chi connectivity index (χ2n) is 7.11. The van der Waals surface area contributed by atoms with Gasteiger partial charge < -0.3 is 24.6 Å². The van der Waals surface area contributed by atoms with E-state index in [4.69, 9.17) is 9.47 Å². The van der Waals surface area contributed by atoms with E-state index in [9.17, 15) is 19.8 Å². The molecule has 3 rings (SSSR count). The third-order valence-corrected chi connectivity index (χ3v) is 5.19. The number of likely N-dealkylation sites (tertiary alicyclic amines) is 1. The van der Waals surface area contributed by atoms with Gasteiger partial charge in [-0.2, -0.15) is 0 Å². The van der Waals surface area contributed by atoms with Gasteiger partial charge in [-0.3, -0.25) is 9.59 Å². The number of nitrogens with zero attached hydrogens (tertiary/aromatic N) is 1. The van der Waals surface area contributed by atoms with Crippen molar-refractivity contribution in [3.8, 4) is 17.2 Å². The Morgan fingerprint density at radius 3 is 2.30 bits per heavy atom. The Morgan fingerprint density at radius 2 is 1.73 bits per heavy atom. The second kappa shape index (κ2) is 8.49. The second-order valence-corrected chi connectivity index (χ2v) is 7.11. The third-order valence-electron chi connectivity index (χ3n) is 5.19. The van der Waals surface area contributed by atoms with Crippen molar-refractivity contribution < 1.29 is 29.3 Å². The Hall–Kier alpha value is -3.48. The van der Waals surface area contributed by atoms with Crippen LogP contribution in [0.2, 0.25) is 0 Å². The van der Waals surface area contributed by atoms with Crippen LogP contribution >= 0.6 is 0 Å². The molecule has 1 unspecified atom stereocenters. The number of aliphatic hydroxyl groups excluding tert-OH is 1. The van der Waals surface area contributed by atoms with Crippen LogP contribution in [0.1, 0.15) is 36.1 Å². The average molecular weight is 411 g/mol. The lowest BCUT2D eigenvalue weighted by molar-refractivity contribution is -0.139. The highest BCUT2D eigenvalue weighted by molar-refractivity contribution is 6.46. The van der Waals surface area contributed by atoms with E-state index < -0.39 is 17.7 Å². The molecule has 1 atom stereocenters. The number of aryl methyl sites for hydroxylation is 1. The molecule has 0 spiro atoms. The largest absolute Gasteiger partial charge is 0.507 e. The third kappa shape index (κ3) is 3.58. The number of phenolic OH excluding ortho intramolecular Hbond substituents is 1. The Labute approximate surface area is 175 Å². The van der Waals surface area contributed by atoms with Crippen LogP contribution in [0.5, 0.6) is 17.2 Å². The average Bonchev–Trinajstić information content (AvgIpc) is 2.98. The van der Waals surface area contributed by atoms with Crippen molar-refractivity contribution in [2.24, 2.45) is 0 Å². The number of phenols is 1. The van der Waals surface area contributed by atoms with Crippen molar-refractivity contribution in [1.82, 2.24) is 4.90 Å². The fourth-order valence-electron chi connectivity index (χ4n) is 3.76. The summed E-state index contributed by atoms with van der Waals surface area (Å²) in [6, 6.07) is 8.90. The van der Waals surface area contributed by atoms with Gasteiger partial charge in [0.1, 0.15) is 11.5 Å². The molecule has 0 radical (unpaired) electrons. The quantitative estimate of drug-likeness (QED) is 0.429. The summed E-state index contributed by atoms with van der Waals surface area (Å²) < 4.78 is 10.3. The van der Waals surface area contributed by atoms with Crippen LogP contribution in [-0.2, 0) is 9.59 Å². The molecule has 2 aromatic rings. The summed E-state index contributed by atoms with van der Waals surface area (Å²) in [4.78, 5) is 27.0. The van der Waals surface area contributed by atoms with E-state index in [1.165, 1.54) is 18.1 Å². The summed E-state index contributed by atoms with van der Waals surface area (Å²) in [5, 5.41) is 21.3. The topological polar surface area (TPSA) is 96.3 Å². The standard InChI is InChI=1S/C23H25NO6/c1-5-10-24-20(14-6-9-18(30-4)16(25)12-14)19(22(27)23(24)28)21(26)15-7-8-17(29-3)13(2)11-15/h6-9,11-12,20,25-26H,5,10H2,1-4H3/b21-19-. The highest BCUT2D eigenvalue weighted by Crippen LogP contribution is 2.42. The van der Waals surface area contributed by atoms with Gasteiger partial charge >= 0.3 is 0 Å². The number of benzene rings is 2. The monoisotopic (exact) mass is 411 g/mol. The number of ketones is 1. The molecule has 1 amide bonds. The van der Waals surface area contributed by atoms with E-state index in [1.54, 1.807) is 37.4 Å². The number of amides is 1. The van der Waals surface area contributed by atoms with Gasteiger partial charge in [0.25, 0.3) is 11.7 Å². The van der Waals surface area contributed by atoms with Crippen LogP contribution in [0.4, 0.5) is 0 Å². The van der Waals surface area contributed by atoms with Gasteiger partial charge in [0.05, 0.1) is 25.8 Å². The van der Waals surface area contributed by atoms with E-state index in [0.29, 0.717) is 29.8 Å². The molecule has 7 heteroatoms. The van der Waals surface area contributed by atoms with E-state index in [0.717, 1.165) is 5.56 Å². The first-order valence-corrected chi connectivity index (χ1v) is 9.64. The molecule has 0 saturated carbocycles. The van der Waals surface area contributed by atoms with E-state index in [1.807, 2.05) is 13.8 Å². The summed E-state index contributed by atoms with van der Waals surface area (Å²) >= 11 is 0. The Bertz CT molecular complexity index is 1030. The van der Waals surface area contributed by atoms with Crippen LogP contribution in [0, 0.1) is 6.92 Å². The number of methoxy groups -OCH3 is 2. The number of carbonyl (C=O) groups excluding carboxylic acids is 2. The first kappa shape index (κ1) is 21.2. The van der Waals surface area contributed by atoms with Crippen molar-refractivity contribution in [2.75, 3.05) is 20.8 Å². The number of ether oxygens (including phenoxy) is 2. The molecule has 1 saturated heterocycles. The van der Waals surface area contributed by atoms with E-state index in [2.05, 4.69) is 0 Å². The zero-order valence-electron chi connectivity index (χ0n) is 17.4. The van der Waals surface area contributed by atoms with Gasteiger partial charge in [0.15, 0.2) is 11.5 Å².